The fourth-order valence-corrected chi connectivity index (χ4v) is 1.86. The molecule has 1 N–H and O–H groups in total. The number of aliphatic hydroxyl groups is 1. The summed E-state index contributed by atoms with van der Waals surface area (Å²) < 4.78 is 0. The first-order valence-electron chi connectivity index (χ1n) is 4.38. The summed E-state index contributed by atoms with van der Waals surface area (Å²) in [6, 6.07) is -0.0732. The third kappa shape index (κ3) is 1.26. The Morgan fingerprint density at radius 3 is 3.17 bits per heavy atom. The standard InChI is InChI=1S/C8H13NO3/c10-5-6-4-7-8(11)2-1-3-9(7)12-6/h6-7,10H,1-5H2. The molecule has 0 bridgehead atoms. The number of fused-ring (bicyclic) bond motifs is 1. The van der Waals surface area contributed by atoms with Gasteiger partial charge in [-0.25, -0.2) is 0 Å². The molecule has 2 aliphatic heterocycles. The molecule has 0 radical (unpaired) electrons. The van der Waals surface area contributed by atoms with Crippen LogP contribution in [-0.4, -0.2) is 41.3 Å². The van der Waals surface area contributed by atoms with E-state index < -0.39 is 0 Å². The van der Waals surface area contributed by atoms with Crippen molar-refractivity contribution >= 4 is 5.78 Å². The molecule has 12 heavy (non-hydrogen) atoms. The monoisotopic (exact) mass is 171 g/mol. The van der Waals surface area contributed by atoms with Crippen LogP contribution in [0.2, 0.25) is 0 Å². The topological polar surface area (TPSA) is 49.8 Å². The van der Waals surface area contributed by atoms with Crippen molar-refractivity contribution in [2.75, 3.05) is 13.2 Å². The minimum Gasteiger partial charge on any atom is -0.394 e. The average molecular weight is 171 g/mol. The van der Waals surface area contributed by atoms with E-state index in [4.69, 9.17) is 9.94 Å². The Morgan fingerprint density at radius 1 is 1.67 bits per heavy atom. The van der Waals surface area contributed by atoms with Gasteiger partial charge in [0.1, 0.15) is 6.10 Å². The van der Waals surface area contributed by atoms with Crippen molar-refractivity contribution in [1.82, 2.24) is 5.06 Å². The fraction of sp³-hybridized carbons (Fsp3) is 0.875. The molecule has 68 valence electrons. The van der Waals surface area contributed by atoms with Crippen LogP contribution in [0.15, 0.2) is 0 Å². The second-order valence-electron chi connectivity index (χ2n) is 3.37. The summed E-state index contributed by atoms with van der Waals surface area (Å²) in [5.74, 6) is 0.261. The van der Waals surface area contributed by atoms with Gasteiger partial charge in [0, 0.05) is 19.4 Å². The zero-order valence-electron chi connectivity index (χ0n) is 6.90. The Morgan fingerprint density at radius 2 is 2.50 bits per heavy atom. The van der Waals surface area contributed by atoms with E-state index in [-0.39, 0.29) is 24.5 Å². The first-order valence-corrected chi connectivity index (χ1v) is 4.38. The molecule has 0 spiro atoms. The van der Waals surface area contributed by atoms with E-state index in [1.54, 1.807) is 5.06 Å². The number of aliphatic hydroxyl groups excluding tert-OH is 1. The van der Waals surface area contributed by atoms with Crippen LogP contribution in [0, 0.1) is 0 Å². The van der Waals surface area contributed by atoms with Gasteiger partial charge in [-0.1, -0.05) is 0 Å². The van der Waals surface area contributed by atoms with E-state index in [1.807, 2.05) is 0 Å². The largest absolute Gasteiger partial charge is 0.394 e. The lowest BCUT2D eigenvalue weighted by atomic mass is 9.99. The molecule has 4 nitrogen and oxygen atoms in total. The average Bonchev–Trinajstić information content (AvgIpc) is 2.49. The summed E-state index contributed by atoms with van der Waals surface area (Å²) in [6.45, 7) is 0.840. The van der Waals surface area contributed by atoms with E-state index >= 15 is 0 Å². The van der Waals surface area contributed by atoms with Crippen molar-refractivity contribution in [2.24, 2.45) is 0 Å². The Bertz CT molecular complexity index is 195. The smallest absolute Gasteiger partial charge is 0.152 e. The number of piperidine rings is 1. The van der Waals surface area contributed by atoms with Gasteiger partial charge in [-0.3, -0.25) is 9.63 Å². The molecule has 0 aromatic carbocycles. The summed E-state index contributed by atoms with van der Waals surface area (Å²) in [5, 5.41) is 10.6. The van der Waals surface area contributed by atoms with Crippen LogP contribution in [0.3, 0.4) is 0 Å². The number of hydroxylamine groups is 2. The van der Waals surface area contributed by atoms with Gasteiger partial charge < -0.3 is 5.11 Å². The van der Waals surface area contributed by atoms with Crippen LogP contribution in [0.5, 0.6) is 0 Å². The number of nitrogens with zero attached hydrogens (tertiary/aromatic N) is 1. The molecule has 0 aromatic heterocycles. The number of carbonyl (C=O) groups excluding carboxylic acids is 1. The maximum absolute atomic E-state index is 11.3. The highest BCUT2D eigenvalue weighted by atomic mass is 16.7. The summed E-state index contributed by atoms with van der Waals surface area (Å²) in [4.78, 5) is 16.7. The van der Waals surface area contributed by atoms with Crippen LogP contribution < -0.4 is 0 Å². The molecule has 2 heterocycles. The molecule has 0 aliphatic carbocycles. The molecule has 0 aromatic rings. The minimum atomic E-state index is -0.156. The van der Waals surface area contributed by atoms with Gasteiger partial charge in [0.15, 0.2) is 5.78 Å². The van der Waals surface area contributed by atoms with E-state index in [1.165, 1.54) is 0 Å². The first kappa shape index (κ1) is 8.16. The lowest BCUT2D eigenvalue weighted by Crippen LogP contribution is -2.40. The zero-order valence-corrected chi connectivity index (χ0v) is 6.90. The molecule has 4 heteroatoms. The summed E-state index contributed by atoms with van der Waals surface area (Å²) in [7, 11) is 0. The Balaban J connectivity index is 2.04. The highest BCUT2D eigenvalue weighted by molar-refractivity contribution is 5.84. The maximum Gasteiger partial charge on any atom is 0.152 e. The summed E-state index contributed by atoms with van der Waals surface area (Å²) >= 11 is 0. The van der Waals surface area contributed by atoms with Crippen molar-refractivity contribution in [3.63, 3.8) is 0 Å². The molecule has 2 saturated heterocycles. The van der Waals surface area contributed by atoms with Gasteiger partial charge in [-0.05, 0) is 6.42 Å². The molecule has 2 unspecified atom stereocenters. The highest BCUT2D eigenvalue weighted by Crippen LogP contribution is 2.26. The third-order valence-electron chi connectivity index (χ3n) is 2.50. The SMILES string of the molecule is O=C1CCCN2OC(CO)CC12. The lowest BCUT2D eigenvalue weighted by Gasteiger charge is -2.25. The quantitative estimate of drug-likeness (QED) is 0.589. The van der Waals surface area contributed by atoms with Crippen molar-refractivity contribution in [2.45, 2.75) is 31.4 Å². The summed E-state index contributed by atoms with van der Waals surface area (Å²) in [5.41, 5.74) is 0. The lowest BCUT2D eigenvalue weighted by molar-refractivity contribution is -0.181. The predicted octanol–water partition coefficient (Wildman–Crippen LogP) is -0.284. The molecule has 2 aliphatic rings. The van der Waals surface area contributed by atoms with E-state index in [9.17, 15) is 4.79 Å². The highest BCUT2D eigenvalue weighted by Gasteiger charge is 2.39. The Labute approximate surface area is 71.1 Å². The van der Waals surface area contributed by atoms with E-state index in [0.717, 1.165) is 13.0 Å². The van der Waals surface area contributed by atoms with Crippen LogP contribution in [0.4, 0.5) is 0 Å². The van der Waals surface area contributed by atoms with Gasteiger partial charge in [-0.15, -0.1) is 0 Å². The van der Waals surface area contributed by atoms with Crippen molar-refractivity contribution < 1.29 is 14.7 Å². The first-order chi connectivity index (χ1) is 5.81. The van der Waals surface area contributed by atoms with E-state index in [0.29, 0.717) is 12.8 Å². The minimum absolute atomic E-state index is 0.0142. The van der Waals surface area contributed by atoms with Gasteiger partial charge in [0.05, 0.1) is 12.6 Å². The van der Waals surface area contributed by atoms with Crippen molar-refractivity contribution in [1.29, 1.82) is 0 Å². The van der Waals surface area contributed by atoms with Crippen molar-refractivity contribution in [3.8, 4) is 0 Å². The van der Waals surface area contributed by atoms with Gasteiger partial charge >= 0.3 is 0 Å². The number of hydrogen-bond donors (Lipinski definition) is 1. The second-order valence-corrected chi connectivity index (χ2v) is 3.37. The maximum atomic E-state index is 11.3. The molecular weight excluding hydrogens is 158 g/mol. The number of Topliss-reactive ketones (excluding diaryl/α,β-unsaturated/α-hetero) is 1. The van der Waals surface area contributed by atoms with Crippen molar-refractivity contribution in [3.05, 3.63) is 0 Å². The number of hydrogen-bond acceptors (Lipinski definition) is 4. The molecule has 2 fully saturated rings. The summed E-state index contributed by atoms with van der Waals surface area (Å²) in [6.07, 6.45) is 2.06. The molecule has 2 rings (SSSR count). The van der Waals surface area contributed by atoms with Crippen LogP contribution in [-0.2, 0) is 9.63 Å². The van der Waals surface area contributed by atoms with Gasteiger partial charge in [-0.2, -0.15) is 5.06 Å². The Kier molecular flexibility index (Phi) is 2.12. The van der Waals surface area contributed by atoms with Crippen LogP contribution in [0.1, 0.15) is 19.3 Å². The second kappa shape index (κ2) is 3.12. The number of rotatable bonds is 1. The van der Waals surface area contributed by atoms with Crippen LogP contribution >= 0.6 is 0 Å². The van der Waals surface area contributed by atoms with Gasteiger partial charge in [0.2, 0.25) is 0 Å². The van der Waals surface area contributed by atoms with E-state index in [2.05, 4.69) is 0 Å². The zero-order chi connectivity index (χ0) is 8.55. The molecule has 0 amide bonds. The number of carbonyl (C=O) groups is 1. The fourth-order valence-electron chi connectivity index (χ4n) is 1.86. The molecule has 0 saturated carbocycles. The normalized spacial score (nSPS) is 36.9. The molecular formula is C8H13NO3. The third-order valence-corrected chi connectivity index (χ3v) is 2.50. The number of ketones is 1. The van der Waals surface area contributed by atoms with Crippen LogP contribution in [0.25, 0.3) is 0 Å². The Hall–Kier alpha value is -0.450. The predicted molar refractivity (Wildman–Crippen MR) is 41.3 cm³/mol. The molecule has 2 atom stereocenters. The van der Waals surface area contributed by atoms with Gasteiger partial charge in [0.25, 0.3) is 0 Å².